The van der Waals surface area contributed by atoms with E-state index in [1.807, 2.05) is 13.0 Å². The molecule has 4 heterocycles. The third-order valence-corrected chi connectivity index (χ3v) is 7.60. The van der Waals surface area contributed by atoms with E-state index in [4.69, 9.17) is 18.9 Å². The first kappa shape index (κ1) is 29.4. The van der Waals surface area contributed by atoms with Crippen LogP contribution in [0.5, 0.6) is 17.2 Å². The normalized spacial score (nSPS) is 14.7. The van der Waals surface area contributed by atoms with Crippen molar-refractivity contribution in [3.05, 3.63) is 69.8 Å². The van der Waals surface area contributed by atoms with E-state index < -0.39 is 29.4 Å². The highest BCUT2D eigenvalue weighted by Gasteiger charge is 2.35. The molecule has 0 fully saturated rings. The molecule has 11 nitrogen and oxygen atoms in total. The smallest absolute Gasteiger partial charge is 0.337 e. The van der Waals surface area contributed by atoms with Crippen molar-refractivity contribution in [3.8, 4) is 28.5 Å². The Morgan fingerprint density at radius 3 is 2.66 bits per heavy atom. The fourth-order valence-electron chi connectivity index (χ4n) is 5.63. The molecule has 0 saturated heterocycles. The van der Waals surface area contributed by atoms with Crippen molar-refractivity contribution in [2.24, 2.45) is 0 Å². The van der Waals surface area contributed by atoms with Crippen LogP contribution < -0.4 is 19.5 Å². The highest BCUT2D eigenvalue weighted by molar-refractivity contribution is 5.93. The molecule has 1 amide bonds. The zero-order valence-corrected chi connectivity index (χ0v) is 25.1. The van der Waals surface area contributed by atoms with Crippen LogP contribution in [0.1, 0.15) is 71.7 Å². The lowest BCUT2D eigenvalue weighted by atomic mass is 9.91. The van der Waals surface area contributed by atoms with Crippen molar-refractivity contribution < 1.29 is 38.0 Å². The molecule has 2 aliphatic heterocycles. The van der Waals surface area contributed by atoms with Crippen LogP contribution in [0.15, 0.2) is 30.3 Å². The molecule has 0 saturated carbocycles. The Morgan fingerprint density at radius 1 is 1.14 bits per heavy atom. The van der Waals surface area contributed by atoms with E-state index in [1.54, 1.807) is 39.8 Å². The maximum absolute atomic E-state index is 15.5. The number of carboxylic acids is 1. The van der Waals surface area contributed by atoms with Crippen molar-refractivity contribution in [2.45, 2.75) is 65.7 Å². The van der Waals surface area contributed by atoms with E-state index in [0.717, 1.165) is 11.1 Å². The molecule has 0 radical (unpaired) electrons. The number of hydrogen-bond acceptors (Lipinski definition) is 8. The predicted molar refractivity (Wildman–Crippen MR) is 157 cm³/mol. The summed E-state index contributed by atoms with van der Waals surface area (Å²) in [5.41, 5.74) is 3.00. The maximum Gasteiger partial charge on any atom is 0.337 e. The van der Waals surface area contributed by atoms with Crippen LogP contribution in [-0.4, -0.2) is 50.6 Å². The van der Waals surface area contributed by atoms with Gasteiger partial charge in [-0.25, -0.2) is 18.7 Å². The number of rotatable bonds is 7. The molecule has 2 aromatic heterocycles. The highest BCUT2D eigenvalue weighted by Crippen LogP contribution is 2.41. The number of carbonyl (C=O) groups is 2. The van der Waals surface area contributed by atoms with Gasteiger partial charge >= 0.3 is 5.97 Å². The second-order valence-corrected chi connectivity index (χ2v) is 11.9. The van der Waals surface area contributed by atoms with Gasteiger partial charge in [-0.15, -0.1) is 0 Å². The fraction of sp³-hybridized carbons (Fsp3) is 0.375. The number of fused-ring (bicyclic) bond motifs is 3. The summed E-state index contributed by atoms with van der Waals surface area (Å²) in [6, 6.07) is 8.24. The van der Waals surface area contributed by atoms with E-state index in [0.29, 0.717) is 53.4 Å². The third-order valence-electron chi connectivity index (χ3n) is 7.60. The van der Waals surface area contributed by atoms with E-state index in [-0.39, 0.29) is 36.0 Å². The average Bonchev–Trinajstić information content (AvgIpc) is 3.62. The van der Waals surface area contributed by atoms with E-state index >= 15 is 4.39 Å². The van der Waals surface area contributed by atoms with Crippen molar-refractivity contribution in [3.63, 3.8) is 0 Å². The zero-order chi connectivity index (χ0) is 31.3. The third kappa shape index (κ3) is 5.41. The standard InChI is InChI=1S/C32H33FN4O7/c1-16-19-7-6-10-41-28(19)21(33)12-20(16)27-26(29(31(39)40)44-32(3,4)5)17(2)35-25-13-22(36-37(25)27)30(38)34-14-18-8-9-23-24(11-18)43-15-42-23/h8-9,11-13,29H,6-7,10,14-15H2,1-5H3,(H,34,38)(H,39,40)/t29-/m0/s1. The Morgan fingerprint density at radius 2 is 1.91 bits per heavy atom. The molecule has 0 spiro atoms. The molecule has 44 heavy (non-hydrogen) atoms. The quantitative estimate of drug-likeness (QED) is 0.296. The molecule has 2 N–H and O–H groups in total. The van der Waals surface area contributed by atoms with Gasteiger partial charge < -0.3 is 29.4 Å². The van der Waals surface area contributed by atoms with Gasteiger partial charge in [-0.2, -0.15) is 5.10 Å². The number of amides is 1. The second-order valence-electron chi connectivity index (χ2n) is 11.9. The number of aliphatic carboxylic acids is 1. The summed E-state index contributed by atoms with van der Waals surface area (Å²) in [5.74, 6) is -0.831. The topological polar surface area (TPSA) is 134 Å². The minimum absolute atomic E-state index is 0.0547. The first-order valence-corrected chi connectivity index (χ1v) is 14.3. The molecule has 12 heteroatoms. The Balaban J connectivity index is 1.48. The van der Waals surface area contributed by atoms with Crippen LogP contribution in [0, 0.1) is 19.7 Å². The number of halogens is 1. The minimum atomic E-state index is -1.45. The first-order valence-electron chi connectivity index (χ1n) is 14.3. The summed E-state index contributed by atoms with van der Waals surface area (Å²) in [4.78, 5) is 30.6. The Bertz CT molecular complexity index is 1810. The number of benzene rings is 2. The summed E-state index contributed by atoms with van der Waals surface area (Å²) in [7, 11) is 0. The number of nitrogens with one attached hydrogen (secondary N) is 1. The minimum Gasteiger partial charge on any atom is -0.490 e. The van der Waals surface area contributed by atoms with Crippen LogP contribution in [0.2, 0.25) is 0 Å². The molecular formula is C32H33FN4O7. The lowest BCUT2D eigenvalue weighted by molar-refractivity contribution is -0.160. The summed E-state index contributed by atoms with van der Waals surface area (Å²) in [6.07, 6.45) is -0.138. The lowest BCUT2D eigenvalue weighted by Gasteiger charge is -2.28. The number of carbonyl (C=O) groups excluding carboxylic acids is 1. The van der Waals surface area contributed by atoms with E-state index in [1.165, 1.54) is 16.6 Å². The van der Waals surface area contributed by atoms with Gasteiger partial charge in [0.1, 0.15) is 0 Å². The van der Waals surface area contributed by atoms with Crippen LogP contribution >= 0.6 is 0 Å². The molecule has 0 bridgehead atoms. The van der Waals surface area contributed by atoms with Crippen LogP contribution in [0.25, 0.3) is 16.9 Å². The lowest BCUT2D eigenvalue weighted by Crippen LogP contribution is -2.29. The molecule has 230 valence electrons. The van der Waals surface area contributed by atoms with Gasteiger partial charge in [0, 0.05) is 35.0 Å². The first-order chi connectivity index (χ1) is 20.9. The summed E-state index contributed by atoms with van der Waals surface area (Å²) < 4.78 is 39.4. The average molecular weight is 605 g/mol. The van der Waals surface area contributed by atoms with Crippen molar-refractivity contribution in [1.29, 1.82) is 0 Å². The summed E-state index contributed by atoms with van der Waals surface area (Å²) in [5, 5.41) is 17.8. The number of nitrogens with zero attached hydrogens (tertiary/aromatic N) is 3. The van der Waals surface area contributed by atoms with Gasteiger partial charge in [-0.3, -0.25) is 4.79 Å². The predicted octanol–water partition coefficient (Wildman–Crippen LogP) is 5.08. The Kier molecular flexibility index (Phi) is 7.40. The monoisotopic (exact) mass is 604 g/mol. The van der Waals surface area contributed by atoms with Crippen molar-refractivity contribution in [1.82, 2.24) is 19.9 Å². The molecule has 0 unspecified atom stereocenters. The number of hydrogen-bond donors (Lipinski definition) is 2. The van der Waals surface area contributed by atoms with E-state index in [9.17, 15) is 14.7 Å². The van der Waals surface area contributed by atoms with Gasteiger partial charge in [0.05, 0.1) is 17.9 Å². The number of ether oxygens (including phenoxy) is 4. The molecule has 0 aliphatic carbocycles. The maximum atomic E-state index is 15.5. The second kappa shape index (κ2) is 11.1. The number of aromatic nitrogens is 3. The van der Waals surface area contributed by atoms with Gasteiger partial charge in [0.15, 0.2) is 40.5 Å². The number of aryl methyl sites for hydroxylation is 1. The fourth-order valence-corrected chi connectivity index (χ4v) is 5.63. The Labute approximate surface area is 252 Å². The SMILES string of the molecule is Cc1nc2cc(C(=O)NCc3ccc4c(c3)OCO4)nn2c(-c2cc(F)c3c(c2C)CCCO3)c1[C@H](OC(C)(C)C)C(=O)O. The van der Waals surface area contributed by atoms with Crippen LogP contribution in [-0.2, 0) is 22.5 Å². The molecule has 1 atom stereocenters. The number of carboxylic acid groups (broad SMARTS) is 1. The summed E-state index contributed by atoms with van der Waals surface area (Å²) in [6.45, 7) is 9.52. The molecular weight excluding hydrogens is 571 g/mol. The van der Waals surface area contributed by atoms with Gasteiger partial charge in [-0.05, 0) is 76.8 Å². The molecule has 2 aromatic carbocycles. The highest BCUT2D eigenvalue weighted by atomic mass is 19.1. The molecule has 2 aliphatic rings. The van der Waals surface area contributed by atoms with Gasteiger partial charge in [0.25, 0.3) is 5.91 Å². The largest absolute Gasteiger partial charge is 0.490 e. The van der Waals surface area contributed by atoms with Crippen LogP contribution in [0.3, 0.4) is 0 Å². The van der Waals surface area contributed by atoms with E-state index in [2.05, 4.69) is 15.4 Å². The summed E-state index contributed by atoms with van der Waals surface area (Å²) >= 11 is 0. The van der Waals surface area contributed by atoms with Gasteiger partial charge in [0.2, 0.25) is 6.79 Å². The Hall–Kier alpha value is -4.71. The molecule has 4 aromatic rings. The van der Waals surface area contributed by atoms with Crippen LogP contribution in [0.4, 0.5) is 4.39 Å². The van der Waals surface area contributed by atoms with Crippen molar-refractivity contribution >= 4 is 17.5 Å². The van der Waals surface area contributed by atoms with Crippen molar-refractivity contribution in [2.75, 3.05) is 13.4 Å². The molecule has 6 rings (SSSR count). The zero-order valence-electron chi connectivity index (χ0n) is 25.1. The van der Waals surface area contributed by atoms with Gasteiger partial charge in [-0.1, -0.05) is 6.07 Å².